The Bertz CT molecular complexity index is 355. The van der Waals surface area contributed by atoms with E-state index in [0.717, 1.165) is 38.2 Å². The molecule has 1 aromatic rings. The third-order valence-electron chi connectivity index (χ3n) is 3.88. The van der Waals surface area contributed by atoms with Crippen LogP contribution in [0.5, 0.6) is 0 Å². The van der Waals surface area contributed by atoms with Crippen LogP contribution >= 0.6 is 0 Å². The van der Waals surface area contributed by atoms with E-state index >= 15 is 0 Å². The number of rotatable bonds is 5. The van der Waals surface area contributed by atoms with Crippen molar-refractivity contribution in [1.82, 2.24) is 9.78 Å². The lowest BCUT2D eigenvalue weighted by molar-refractivity contribution is 0.154. The van der Waals surface area contributed by atoms with Gasteiger partial charge in [-0.2, -0.15) is 5.10 Å². The van der Waals surface area contributed by atoms with Gasteiger partial charge in [0.05, 0.1) is 12.3 Å². The molecule has 96 valence electrons. The predicted molar refractivity (Wildman–Crippen MR) is 67.9 cm³/mol. The minimum atomic E-state index is 0.120. The quantitative estimate of drug-likeness (QED) is 0.849. The Labute approximate surface area is 103 Å². The molecular weight excluding hydrogens is 214 g/mol. The van der Waals surface area contributed by atoms with E-state index in [0.29, 0.717) is 12.6 Å². The van der Waals surface area contributed by atoms with E-state index in [2.05, 4.69) is 35.9 Å². The molecule has 17 heavy (non-hydrogen) atoms. The molecule has 0 aliphatic carbocycles. The van der Waals surface area contributed by atoms with Crippen LogP contribution in [-0.2, 0) is 11.2 Å². The monoisotopic (exact) mass is 237 g/mol. The van der Waals surface area contributed by atoms with Crippen molar-refractivity contribution < 1.29 is 4.74 Å². The highest BCUT2D eigenvalue weighted by atomic mass is 16.5. The molecule has 1 aromatic heterocycles. The molecule has 2 heterocycles. The van der Waals surface area contributed by atoms with Gasteiger partial charge in [-0.25, -0.2) is 0 Å². The summed E-state index contributed by atoms with van der Waals surface area (Å²) in [6, 6.07) is 2.58. The molecule has 2 atom stereocenters. The third kappa shape index (κ3) is 2.69. The Balaban J connectivity index is 2.05. The van der Waals surface area contributed by atoms with Gasteiger partial charge in [0.25, 0.3) is 0 Å². The summed E-state index contributed by atoms with van der Waals surface area (Å²) in [7, 11) is 0. The van der Waals surface area contributed by atoms with Gasteiger partial charge >= 0.3 is 0 Å². The van der Waals surface area contributed by atoms with Gasteiger partial charge in [0, 0.05) is 37.2 Å². The first kappa shape index (κ1) is 12.6. The van der Waals surface area contributed by atoms with Gasteiger partial charge in [-0.3, -0.25) is 4.68 Å². The van der Waals surface area contributed by atoms with E-state index in [1.807, 2.05) is 0 Å². The molecule has 2 N–H and O–H groups in total. The lowest BCUT2D eigenvalue weighted by Gasteiger charge is -2.24. The summed E-state index contributed by atoms with van der Waals surface area (Å²) in [6.07, 6.45) is 5.17. The molecule has 0 saturated carbocycles. The number of aromatic nitrogens is 2. The van der Waals surface area contributed by atoms with Crippen molar-refractivity contribution in [2.45, 2.75) is 39.2 Å². The molecule has 0 amide bonds. The van der Waals surface area contributed by atoms with Crippen LogP contribution in [0.2, 0.25) is 0 Å². The van der Waals surface area contributed by atoms with Crippen molar-refractivity contribution in [3.63, 3.8) is 0 Å². The summed E-state index contributed by atoms with van der Waals surface area (Å²) in [5, 5.41) is 4.64. The van der Waals surface area contributed by atoms with Crippen LogP contribution < -0.4 is 5.73 Å². The van der Waals surface area contributed by atoms with Crippen LogP contribution in [0, 0.1) is 5.41 Å². The zero-order valence-corrected chi connectivity index (χ0v) is 10.9. The van der Waals surface area contributed by atoms with Gasteiger partial charge in [0.2, 0.25) is 0 Å². The van der Waals surface area contributed by atoms with E-state index in [1.54, 1.807) is 0 Å². The molecule has 4 nitrogen and oxygen atoms in total. The van der Waals surface area contributed by atoms with Crippen molar-refractivity contribution >= 4 is 0 Å². The van der Waals surface area contributed by atoms with Gasteiger partial charge in [-0.1, -0.05) is 6.92 Å². The molecule has 1 saturated heterocycles. The fourth-order valence-corrected chi connectivity index (χ4v) is 2.31. The van der Waals surface area contributed by atoms with E-state index in [1.165, 1.54) is 0 Å². The Morgan fingerprint density at radius 3 is 3.06 bits per heavy atom. The smallest absolute Gasteiger partial charge is 0.0631 e. The van der Waals surface area contributed by atoms with Crippen LogP contribution in [0.4, 0.5) is 0 Å². The topological polar surface area (TPSA) is 53.1 Å². The first-order valence-corrected chi connectivity index (χ1v) is 6.51. The van der Waals surface area contributed by atoms with Crippen LogP contribution in [0.3, 0.4) is 0 Å². The Kier molecular flexibility index (Phi) is 3.84. The zero-order valence-electron chi connectivity index (χ0n) is 10.9. The first-order valence-electron chi connectivity index (χ1n) is 6.51. The molecule has 2 rings (SSSR count). The fraction of sp³-hybridized carbons (Fsp3) is 0.769. The highest BCUT2D eigenvalue weighted by molar-refractivity contribution is 5.05. The molecule has 2 unspecified atom stereocenters. The second-order valence-corrected chi connectivity index (χ2v) is 5.23. The van der Waals surface area contributed by atoms with Crippen LogP contribution in [0.15, 0.2) is 12.3 Å². The SMILES string of the molecule is CCC(C)n1ccc(CC2(CN)CCOC2)n1. The Morgan fingerprint density at radius 1 is 1.65 bits per heavy atom. The molecule has 1 aliphatic heterocycles. The van der Waals surface area contributed by atoms with E-state index < -0.39 is 0 Å². The molecule has 0 spiro atoms. The number of ether oxygens (including phenoxy) is 1. The lowest BCUT2D eigenvalue weighted by atomic mass is 9.83. The largest absolute Gasteiger partial charge is 0.381 e. The molecule has 0 aromatic carbocycles. The summed E-state index contributed by atoms with van der Waals surface area (Å²) in [6.45, 7) is 6.67. The second-order valence-electron chi connectivity index (χ2n) is 5.23. The predicted octanol–water partition coefficient (Wildman–Crippen LogP) is 1.76. The van der Waals surface area contributed by atoms with Gasteiger partial charge in [-0.15, -0.1) is 0 Å². The van der Waals surface area contributed by atoms with Crippen molar-refractivity contribution in [3.05, 3.63) is 18.0 Å². The average molecular weight is 237 g/mol. The maximum atomic E-state index is 5.89. The van der Waals surface area contributed by atoms with Crippen LogP contribution in [-0.4, -0.2) is 29.5 Å². The summed E-state index contributed by atoms with van der Waals surface area (Å²) in [5.41, 5.74) is 7.15. The molecule has 4 heteroatoms. The number of nitrogens with zero attached hydrogens (tertiary/aromatic N) is 2. The van der Waals surface area contributed by atoms with E-state index in [-0.39, 0.29) is 5.41 Å². The van der Waals surface area contributed by atoms with Gasteiger partial charge < -0.3 is 10.5 Å². The maximum Gasteiger partial charge on any atom is 0.0631 e. The minimum Gasteiger partial charge on any atom is -0.381 e. The molecule has 1 aliphatic rings. The summed E-state index contributed by atoms with van der Waals surface area (Å²) in [4.78, 5) is 0. The summed E-state index contributed by atoms with van der Waals surface area (Å²) < 4.78 is 7.54. The molecule has 0 radical (unpaired) electrons. The summed E-state index contributed by atoms with van der Waals surface area (Å²) in [5.74, 6) is 0. The van der Waals surface area contributed by atoms with Crippen molar-refractivity contribution in [2.24, 2.45) is 11.1 Å². The average Bonchev–Trinajstić information content (AvgIpc) is 2.98. The van der Waals surface area contributed by atoms with Gasteiger partial charge in [-0.05, 0) is 25.8 Å². The lowest BCUT2D eigenvalue weighted by Crippen LogP contribution is -2.33. The third-order valence-corrected chi connectivity index (χ3v) is 3.88. The van der Waals surface area contributed by atoms with Crippen molar-refractivity contribution in [3.8, 4) is 0 Å². The number of nitrogens with two attached hydrogens (primary N) is 1. The van der Waals surface area contributed by atoms with Crippen molar-refractivity contribution in [2.75, 3.05) is 19.8 Å². The fourth-order valence-electron chi connectivity index (χ4n) is 2.31. The number of hydrogen-bond acceptors (Lipinski definition) is 3. The van der Waals surface area contributed by atoms with Crippen molar-refractivity contribution in [1.29, 1.82) is 0 Å². The Hall–Kier alpha value is -0.870. The summed E-state index contributed by atoms with van der Waals surface area (Å²) >= 11 is 0. The van der Waals surface area contributed by atoms with Gasteiger partial charge in [0.15, 0.2) is 0 Å². The highest BCUT2D eigenvalue weighted by Gasteiger charge is 2.34. The first-order chi connectivity index (χ1) is 8.19. The Morgan fingerprint density at radius 2 is 2.47 bits per heavy atom. The van der Waals surface area contributed by atoms with E-state index in [9.17, 15) is 0 Å². The van der Waals surface area contributed by atoms with Crippen LogP contribution in [0.1, 0.15) is 38.4 Å². The molecular formula is C13H23N3O. The molecule has 0 bridgehead atoms. The maximum absolute atomic E-state index is 5.89. The molecule has 1 fully saturated rings. The van der Waals surface area contributed by atoms with Crippen LogP contribution in [0.25, 0.3) is 0 Å². The van der Waals surface area contributed by atoms with E-state index in [4.69, 9.17) is 10.5 Å². The van der Waals surface area contributed by atoms with Gasteiger partial charge in [0.1, 0.15) is 0 Å². The number of hydrogen-bond donors (Lipinski definition) is 1. The normalized spacial score (nSPS) is 26.3. The minimum absolute atomic E-state index is 0.120. The zero-order chi connectivity index (χ0) is 12.3. The standard InChI is InChI=1S/C13H23N3O/c1-3-11(2)16-6-4-12(15-16)8-13(9-14)5-7-17-10-13/h4,6,11H,3,5,7-10,14H2,1-2H3. The second kappa shape index (κ2) is 5.19. The highest BCUT2D eigenvalue weighted by Crippen LogP contribution is 2.31.